The summed E-state index contributed by atoms with van der Waals surface area (Å²) in [5.74, 6) is -0.848. The third kappa shape index (κ3) is 0.956. The second kappa shape index (κ2) is 2.42. The molecule has 0 amide bonds. The Labute approximate surface area is 68.8 Å². The van der Waals surface area contributed by atoms with Crippen molar-refractivity contribution in [2.24, 2.45) is 5.92 Å². The van der Waals surface area contributed by atoms with Gasteiger partial charge >= 0.3 is 5.97 Å². The van der Waals surface area contributed by atoms with Gasteiger partial charge < -0.3 is 9.84 Å². The quantitative estimate of drug-likeness (QED) is 0.491. The molecule has 0 aromatic carbocycles. The molecular formula is C8H8O4. The Morgan fingerprint density at radius 3 is 3.00 bits per heavy atom. The maximum atomic E-state index is 10.9. The average molecular weight is 168 g/mol. The highest BCUT2D eigenvalue weighted by atomic mass is 16.6. The van der Waals surface area contributed by atoms with E-state index in [0.717, 1.165) is 0 Å². The molecule has 4 nitrogen and oxygen atoms in total. The van der Waals surface area contributed by atoms with Crippen LogP contribution in [0.1, 0.15) is 6.42 Å². The number of fused-ring (bicyclic) bond motifs is 1. The van der Waals surface area contributed by atoms with E-state index >= 15 is 0 Å². The second-order valence-electron chi connectivity index (χ2n) is 3.03. The minimum atomic E-state index is -1.16. The molecule has 1 saturated heterocycles. The summed E-state index contributed by atoms with van der Waals surface area (Å²) in [6.45, 7) is 0. The Hall–Kier alpha value is -1.16. The third-order valence-corrected chi connectivity index (χ3v) is 2.20. The van der Waals surface area contributed by atoms with E-state index in [1.165, 1.54) is 6.08 Å². The van der Waals surface area contributed by atoms with E-state index in [9.17, 15) is 14.7 Å². The van der Waals surface area contributed by atoms with E-state index in [1.807, 2.05) is 0 Å². The summed E-state index contributed by atoms with van der Waals surface area (Å²) in [5.41, 5.74) is 0. The number of aliphatic hydroxyl groups is 1. The number of esters is 1. The fourth-order valence-corrected chi connectivity index (χ4v) is 1.55. The zero-order valence-electron chi connectivity index (χ0n) is 6.27. The van der Waals surface area contributed by atoms with Gasteiger partial charge in [-0.05, 0) is 6.08 Å². The molecule has 12 heavy (non-hydrogen) atoms. The highest BCUT2D eigenvalue weighted by Gasteiger charge is 2.42. The zero-order valence-corrected chi connectivity index (χ0v) is 6.27. The summed E-state index contributed by atoms with van der Waals surface area (Å²) in [4.78, 5) is 21.7. The van der Waals surface area contributed by atoms with Gasteiger partial charge in [0.25, 0.3) is 0 Å². The molecule has 2 rings (SSSR count). The van der Waals surface area contributed by atoms with Crippen molar-refractivity contribution in [2.75, 3.05) is 0 Å². The Morgan fingerprint density at radius 1 is 1.50 bits per heavy atom. The van der Waals surface area contributed by atoms with Gasteiger partial charge in [-0.15, -0.1) is 0 Å². The molecule has 3 unspecified atom stereocenters. The van der Waals surface area contributed by atoms with E-state index in [-0.39, 0.29) is 24.1 Å². The predicted octanol–water partition coefficient (Wildman–Crippen LogP) is -0.582. The molecule has 1 N–H and O–H groups in total. The van der Waals surface area contributed by atoms with E-state index in [1.54, 1.807) is 6.08 Å². The standard InChI is InChI=1S/C8H8O4/c9-5-2-1-4-3-6(10)12-8(4)7(5)11/h1-2,4,7-8,11H,3H2. The van der Waals surface area contributed by atoms with Gasteiger partial charge in [0.05, 0.1) is 6.42 Å². The maximum absolute atomic E-state index is 10.9. The van der Waals surface area contributed by atoms with Crippen LogP contribution in [0.15, 0.2) is 12.2 Å². The number of carbonyl (C=O) groups excluding carboxylic acids is 2. The van der Waals surface area contributed by atoms with Crippen molar-refractivity contribution in [1.82, 2.24) is 0 Å². The number of ketones is 1. The SMILES string of the molecule is O=C1CC2C=CC(=O)C(O)C2O1. The maximum Gasteiger partial charge on any atom is 0.306 e. The molecule has 0 spiro atoms. The minimum absolute atomic E-state index is 0.120. The van der Waals surface area contributed by atoms with Gasteiger partial charge in [-0.2, -0.15) is 0 Å². The molecule has 1 heterocycles. The van der Waals surface area contributed by atoms with Crippen molar-refractivity contribution in [2.45, 2.75) is 18.6 Å². The lowest BCUT2D eigenvalue weighted by molar-refractivity contribution is -0.148. The van der Waals surface area contributed by atoms with Crippen LogP contribution in [-0.4, -0.2) is 29.1 Å². The van der Waals surface area contributed by atoms with Gasteiger partial charge in [-0.3, -0.25) is 9.59 Å². The molecule has 0 saturated carbocycles. The van der Waals surface area contributed by atoms with Crippen molar-refractivity contribution >= 4 is 11.8 Å². The molecule has 0 radical (unpaired) electrons. The van der Waals surface area contributed by atoms with Crippen molar-refractivity contribution in [3.05, 3.63) is 12.2 Å². The molecule has 0 aromatic rings. The molecule has 4 heteroatoms. The first-order valence-electron chi connectivity index (χ1n) is 3.78. The largest absolute Gasteiger partial charge is 0.458 e. The van der Waals surface area contributed by atoms with Crippen LogP contribution < -0.4 is 0 Å². The first-order valence-corrected chi connectivity index (χ1v) is 3.78. The van der Waals surface area contributed by atoms with Gasteiger partial charge in [0.1, 0.15) is 6.10 Å². The number of hydrogen-bond acceptors (Lipinski definition) is 4. The zero-order chi connectivity index (χ0) is 8.72. The second-order valence-corrected chi connectivity index (χ2v) is 3.03. The molecule has 0 bridgehead atoms. The fraction of sp³-hybridized carbons (Fsp3) is 0.500. The molecule has 2 aliphatic rings. The number of carbonyl (C=O) groups is 2. The van der Waals surface area contributed by atoms with E-state index in [2.05, 4.69) is 0 Å². The highest BCUT2D eigenvalue weighted by Crippen LogP contribution is 2.29. The lowest BCUT2D eigenvalue weighted by atomic mass is 9.89. The van der Waals surface area contributed by atoms with Crippen LogP contribution in [0.5, 0.6) is 0 Å². The lowest BCUT2D eigenvalue weighted by Gasteiger charge is -2.22. The topological polar surface area (TPSA) is 63.6 Å². The first kappa shape index (κ1) is 7.49. The van der Waals surface area contributed by atoms with Gasteiger partial charge in [0.2, 0.25) is 0 Å². The Morgan fingerprint density at radius 2 is 2.25 bits per heavy atom. The number of ether oxygens (including phenoxy) is 1. The fourth-order valence-electron chi connectivity index (χ4n) is 1.55. The summed E-state index contributed by atoms with van der Waals surface area (Å²) < 4.78 is 4.79. The monoisotopic (exact) mass is 168 g/mol. The molecule has 3 atom stereocenters. The Bertz CT molecular complexity index is 268. The molecule has 1 aliphatic carbocycles. The van der Waals surface area contributed by atoms with Crippen molar-refractivity contribution in [1.29, 1.82) is 0 Å². The van der Waals surface area contributed by atoms with Gasteiger partial charge in [-0.1, -0.05) is 6.08 Å². The van der Waals surface area contributed by atoms with Gasteiger partial charge in [0, 0.05) is 5.92 Å². The summed E-state index contributed by atoms with van der Waals surface area (Å²) in [6, 6.07) is 0. The molecule has 64 valence electrons. The van der Waals surface area contributed by atoms with Crippen LogP contribution in [-0.2, 0) is 14.3 Å². The van der Waals surface area contributed by atoms with Crippen molar-refractivity contribution in [3.8, 4) is 0 Å². The summed E-state index contributed by atoms with van der Waals surface area (Å²) in [7, 11) is 0. The van der Waals surface area contributed by atoms with Gasteiger partial charge in [0.15, 0.2) is 11.9 Å². The number of hydrogen-bond donors (Lipinski definition) is 1. The highest BCUT2D eigenvalue weighted by molar-refractivity contribution is 5.95. The van der Waals surface area contributed by atoms with Crippen LogP contribution in [0, 0.1) is 5.92 Å². The van der Waals surface area contributed by atoms with Crippen LogP contribution in [0.3, 0.4) is 0 Å². The van der Waals surface area contributed by atoms with Crippen LogP contribution in [0.25, 0.3) is 0 Å². The van der Waals surface area contributed by atoms with Crippen LogP contribution in [0.4, 0.5) is 0 Å². The number of rotatable bonds is 0. The molecule has 0 aromatic heterocycles. The molecule has 1 aliphatic heterocycles. The summed E-state index contributed by atoms with van der Waals surface area (Å²) in [5, 5.41) is 9.29. The predicted molar refractivity (Wildman–Crippen MR) is 38.1 cm³/mol. The normalized spacial score (nSPS) is 39.6. The lowest BCUT2D eigenvalue weighted by Crippen LogP contribution is -2.39. The molecular weight excluding hydrogens is 160 g/mol. The van der Waals surface area contributed by atoms with Crippen LogP contribution in [0.2, 0.25) is 0 Å². The van der Waals surface area contributed by atoms with Gasteiger partial charge in [-0.25, -0.2) is 0 Å². The van der Waals surface area contributed by atoms with Crippen LogP contribution >= 0.6 is 0 Å². The van der Waals surface area contributed by atoms with Crippen molar-refractivity contribution < 1.29 is 19.4 Å². The molecule has 1 fully saturated rings. The first-order chi connectivity index (χ1) is 5.68. The van der Waals surface area contributed by atoms with Crippen molar-refractivity contribution in [3.63, 3.8) is 0 Å². The van der Waals surface area contributed by atoms with E-state index in [4.69, 9.17) is 4.74 Å². The minimum Gasteiger partial charge on any atom is -0.458 e. The van der Waals surface area contributed by atoms with E-state index < -0.39 is 12.2 Å². The summed E-state index contributed by atoms with van der Waals surface area (Å²) >= 11 is 0. The van der Waals surface area contributed by atoms with E-state index in [0.29, 0.717) is 0 Å². The summed E-state index contributed by atoms with van der Waals surface area (Å²) in [6.07, 6.45) is 1.41. The third-order valence-electron chi connectivity index (χ3n) is 2.20. The Kier molecular flexibility index (Phi) is 1.51. The number of aliphatic hydroxyl groups excluding tert-OH is 1. The Balaban J connectivity index is 2.27. The average Bonchev–Trinajstić information content (AvgIpc) is 2.39. The smallest absolute Gasteiger partial charge is 0.306 e.